The van der Waals surface area contributed by atoms with Crippen LogP contribution in [-0.2, 0) is 4.79 Å². The Kier molecular flexibility index (Phi) is 6.49. The highest BCUT2D eigenvalue weighted by Crippen LogP contribution is 2.24. The van der Waals surface area contributed by atoms with Crippen LogP contribution in [0, 0.1) is 0 Å². The van der Waals surface area contributed by atoms with Crippen LogP contribution in [0.1, 0.15) is 13.8 Å². The van der Waals surface area contributed by atoms with Crippen LogP contribution in [0.5, 0.6) is 0 Å². The molecule has 5 heteroatoms. The van der Waals surface area contributed by atoms with E-state index >= 15 is 0 Å². The zero-order valence-corrected chi connectivity index (χ0v) is 16.3. The fourth-order valence-electron chi connectivity index (χ4n) is 2.76. The van der Waals surface area contributed by atoms with E-state index in [1.807, 2.05) is 91.5 Å². The Bertz CT molecular complexity index is 852. The maximum absolute atomic E-state index is 12.8. The summed E-state index contributed by atoms with van der Waals surface area (Å²) in [6.45, 7) is 4.05. The second-order valence-corrected chi connectivity index (χ2v) is 7.35. The monoisotopic (exact) mass is 377 g/mol. The smallest absolute Gasteiger partial charge is 0.237 e. The Morgan fingerprint density at radius 1 is 0.963 bits per heavy atom. The summed E-state index contributed by atoms with van der Waals surface area (Å²) < 4.78 is 0. The van der Waals surface area contributed by atoms with Gasteiger partial charge in [-0.1, -0.05) is 36.0 Å². The Hall–Kier alpha value is -2.79. The third-order valence-corrected chi connectivity index (χ3v) is 4.90. The van der Waals surface area contributed by atoms with Crippen LogP contribution in [0.2, 0.25) is 0 Å². The molecule has 0 spiro atoms. The van der Waals surface area contributed by atoms with Crippen molar-refractivity contribution in [2.45, 2.75) is 24.9 Å². The predicted molar refractivity (Wildman–Crippen MR) is 114 cm³/mol. The summed E-state index contributed by atoms with van der Waals surface area (Å²) >= 11 is 1.46. The molecule has 27 heavy (non-hydrogen) atoms. The molecule has 0 atom stereocenters. The molecule has 0 fully saturated rings. The molecule has 0 bridgehead atoms. The van der Waals surface area contributed by atoms with Crippen molar-refractivity contribution in [2.24, 2.45) is 0 Å². The van der Waals surface area contributed by atoms with Gasteiger partial charge in [-0.05, 0) is 62.4 Å². The van der Waals surface area contributed by atoms with E-state index in [9.17, 15) is 4.79 Å². The predicted octanol–water partition coefficient (Wildman–Crippen LogP) is 5.36. The molecule has 1 amide bonds. The first-order valence-corrected chi connectivity index (χ1v) is 9.90. The van der Waals surface area contributed by atoms with Crippen molar-refractivity contribution in [3.8, 4) is 0 Å². The summed E-state index contributed by atoms with van der Waals surface area (Å²) in [6, 6.07) is 23.8. The van der Waals surface area contributed by atoms with E-state index in [-0.39, 0.29) is 11.9 Å². The lowest BCUT2D eigenvalue weighted by Crippen LogP contribution is -2.38. The number of aromatic nitrogens is 1. The van der Waals surface area contributed by atoms with Crippen LogP contribution in [0.4, 0.5) is 17.1 Å². The third kappa shape index (κ3) is 5.34. The zero-order valence-electron chi connectivity index (χ0n) is 15.5. The van der Waals surface area contributed by atoms with Crippen molar-refractivity contribution in [3.63, 3.8) is 0 Å². The number of benzene rings is 2. The van der Waals surface area contributed by atoms with Crippen molar-refractivity contribution in [2.75, 3.05) is 16.0 Å². The Balaban J connectivity index is 1.68. The van der Waals surface area contributed by atoms with E-state index in [1.54, 1.807) is 6.20 Å². The number of hydrogen-bond donors (Lipinski definition) is 1. The van der Waals surface area contributed by atoms with Crippen LogP contribution < -0.4 is 10.2 Å². The van der Waals surface area contributed by atoms with Crippen molar-refractivity contribution < 1.29 is 4.79 Å². The first-order valence-electron chi connectivity index (χ1n) is 8.91. The number of thioether (sulfide) groups is 1. The van der Waals surface area contributed by atoms with Gasteiger partial charge in [-0.15, -0.1) is 0 Å². The van der Waals surface area contributed by atoms with Crippen LogP contribution in [0.3, 0.4) is 0 Å². The molecule has 0 aliphatic rings. The van der Waals surface area contributed by atoms with E-state index in [2.05, 4.69) is 10.3 Å². The van der Waals surface area contributed by atoms with Crippen LogP contribution in [0.15, 0.2) is 84.0 Å². The molecule has 3 aromatic rings. The van der Waals surface area contributed by atoms with E-state index in [1.165, 1.54) is 11.8 Å². The molecule has 0 radical (unpaired) electrons. The summed E-state index contributed by atoms with van der Waals surface area (Å²) in [5.74, 6) is 0.434. The van der Waals surface area contributed by atoms with Crippen LogP contribution in [-0.4, -0.2) is 22.7 Å². The van der Waals surface area contributed by atoms with Gasteiger partial charge in [-0.3, -0.25) is 4.79 Å². The van der Waals surface area contributed by atoms with Crippen molar-refractivity contribution in [3.05, 3.63) is 79.0 Å². The van der Waals surface area contributed by atoms with E-state index in [0.717, 1.165) is 22.1 Å². The average molecular weight is 378 g/mol. The van der Waals surface area contributed by atoms with E-state index < -0.39 is 0 Å². The van der Waals surface area contributed by atoms with Gasteiger partial charge in [0, 0.05) is 29.3 Å². The second kappa shape index (κ2) is 9.24. The van der Waals surface area contributed by atoms with Crippen LogP contribution >= 0.6 is 11.8 Å². The van der Waals surface area contributed by atoms with Gasteiger partial charge in [0.05, 0.1) is 10.8 Å². The third-order valence-electron chi connectivity index (χ3n) is 3.97. The molecule has 0 unspecified atom stereocenters. The molecule has 138 valence electrons. The van der Waals surface area contributed by atoms with E-state index in [4.69, 9.17) is 0 Å². The molecule has 1 aromatic heterocycles. The van der Waals surface area contributed by atoms with Gasteiger partial charge in [0.25, 0.3) is 0 Å². The first-order chi connectivity index (χ1) is 13.1. The van der Waals surface area contributed by atoms with Gasteiger partial charge in [0.15, 0.2) is 0 Å². The number of nitrogens with one attached hydrogen (secondary N) is 1. The summed E-state index contributed by atoms with van der Waals surface area (Å²) in [5, 5.41) is 4.22. The maximum Gasteiger partial charge on any atom is 0.237 e. The molecule has 0 saturated heterocycles. The molecular formula is C22H23N3OS. The summed E-state index contributed by atoms with van der Waals surface area (Å²) in [6.07, 6.45) is 1.74. The number of rotatable bonds is 7. The van der Waals surface area contributed by atoms with Gasteiger partial charge in [-0.2, -0.15) is 0 Å². The highest BCUT2D eigenvalue weighted by atomic mass is 32.2. The number of carbonyl (C=O) groups excluding carboxylic acids is 1. The number of carbonyl (C=O) groups is 1. The summed E-state index contributed by atoms with van der Waals surface area (Å²) in [7, 11) is 0. The van der Waals surface area contributed by atoms with E-state index in [0.29, 0.717) is 5.75 Å². The SMILES string of the molecule is CC(C)N(C(=O)CSc1ccccn1)c1ccc(Nc2ccccc2)cc1. The highest BCUT2D eigenvalue weighted by molar-refractivity contribution is 7.99. The maximum atomic E-state index is 12.8. The Morgan fingerprint density at radius 3 is 2.26 bits per heavy atom. The van der Waals surface area contributed by atoms with Gasteiger partial charge in [0.2, 0.25) is 5.91 Å². The lowest BCUT2D eigenvalue weighted by Gasteiger charge is -2.27. The minimum absolute atomic E-state index is 0.0735. The number of pyridine rings is 1. The van der Waals surface area contributed by atoms with Crippen LogP contribution in [0.25, 0.3) is 0 Å². The number of amides is 1. The lowest BCUT2D eigenvalue weighted by molar-refractivity contribution is -0.116. The fraction of sp³-hybridized carbons (Fsp3) is 0.182. The van der Waals surface area contributed by atoms with Crippen molar-refractivity contribution in [1.29, 1.82) is 0 Å². The molecule has 4 nitrogen and oxygen atoms in total. The number of hydrogen-bond acceptors (Lipinski definition) is 4. The largest absolute Gasteiger partial charge is 0.356 e. The van der Waals surface area contributed by atoms with Crippen molar-refractivity contribution in [1.82, 2.24) is 4.98 Å². The Morgan fingerprint density at radius 2 is 1.63 bits per heavy atom. The molecule has 2 aromatic carbocycles. The minimum Gasteiger partial charge on any atom is -0.356 e. The number of anilines is 3. The van der Waals surface area contributed by atoms with Gasteiger partial charge in [-0.25, -0.2) is 4.98 Å². The molecule has 0 saturated carbocycles. The topological polar surface area (TPSA) is 45.2 Å². The molecule has 0 aliphatic heterocycles. The summed E-state index contributed by atoms with van der Waals surface area (Å²) in [4.78, 5) is 18.9. The first kappa shape index (κ1) is 19.0. The van der Waals surface area contributed by atoms with Gasteiger partial charge in [0.1, 0.15) is 0 Å². The van der Waals surface area contributed by atoms with Gasteiger partial charge < -0.3 is 10.2 Å². The lowest BCUT2D eigenvalue weighted by atomic mass is 10.2. The standard InChI is InChI=1S/C22H23N3OS/c1-17(2)25(22(26)16-27-21-10-6-7-15-23-21)20-13-11-19(12-14-20)24-18-8-4-3-5-9-18/h3-15,17,24H,16H2,1-2H3. The molecule has 3 rings (SSSR count). The number of para-hydroxylation sites is 1. The highest BCUT2D eigenvalue weighted by Gasteiger charge is 2.19. The minimum atomic E-state index is 0.0735. The van der Waals surface area contributed by atoms with Gasteiger partial charge >= 0.3 is 0 Å². The molecule has 1 N–H and O–H groups in total. The fourth-order valence-corrected chi connectivity index (χ4v) is 3.48. The van der Waals surface area contributed by atoms with Crippen molar-refractivity contribution >= 4 is 34.7 Å². The number of nitrogens with zero attached hydrogens (tertiary/aromatic N) is 2. The quantitative estimate of drug-likeness (QED) is 0.563. The molecular weight excluding hydrogens is 354 g/mol. The normalized spacial score (nSPS) is 10.6. The summed E-state index contributed by atoms with van der Waals surface area (Å²) in [5.41, 5.74) is 2.92. The molecule has 0 aliphatic carbocycles. The Labute approximate surface area is 164 Å². The average Bonchev–Trinajstić information content (AvgIpc) is 2.69. The zero-order chi connectivity index (χ0) is 19.1. The second-order valence-electron chi connectivity index (χ2n) is 6.35. The molecule has 1 heterocycles.